The zero-order valence-electron chi connectivity index (χ0n) is 13.7. The molecule has 3 rings (SSSR count). The first-order chi connectivity index (χ1) is 11.1. The van der Waals surface area contributed by atoms with Crippen LogP contribution in [-0.2, 0) is 4.79 Å². The van der Waals surface area contributed by atoms with Crippen LogP contribution in [0, 0.1) is 11.8 Å². The van der Waals surface area contributed by atoms with Crippen molar-refractivity contribution in [2.45, 2.75) is 25.7 Å². The number of carbonyl (C=O) groups is 2. The van der Waals surface area contributed by atoms with Gasteiger partial charge in [0.25, 0.3) is 0 Å². The van der Waals surface area contributed by atoms with E-state index in [9.17, 15) is 9.59 Å². The Balaban J connectivity index is 0.00000208. The number of hydrogen-bond acceptors (Lipinski definition) is 3. The number of hydrogen-bond donors (Lipinski definition) is 1. The van der Waals surface area contributed by atoms with Crippen molar-refractivity contribution in [2.24, 2.45) is 11.8 Å². The summed E-state index contributed by atoms with van der Waals surface area (Å²) < 4.78 is 0. The molecule has 4 nitrogen and oxygen atoms in total. The van der Waals surface area contributed by atoms with E-state index in [0.717, 1.165) is 44.3 Å². The summed E-state index contributed by atoms with van der Waals surface area (Å²) in [6.07, 6.45) is 3.39. The number of piperidine rings is 2. The van der Waals surface area contributed by atoms with Crippen LogP contribution in [0.15, 0.2) is 24.3 Å². The van der Waals surface area contributed by atoms with Crippen LogP contribution in [0.4, 0.5) is 0 Å². The summed E-state index contributed by atoms with van der Waals surface area (Å²) in [6, 6.07) is 7.09. The van der Waals surface area contributed by atoms with Crippen LogP contribution in [0.2, 0.25) is 5.02 Å². The molecule has 0 unspecified atom stereocenters. The monoisotopic (exact) mass is 370 g/mol. The van der Waals surface area contributed by atoms with E-state index < -0.39 is 0 Å². The maximum Gasteiger partial charge on any atom is 0.225 e. The van der Waals surface area contributed by atoms with Gasteiger partial charge in [0.05, 0.1) is 0 Å². The van der Waals surface area contributed by atoms with Gasteiger partial charge in [-0.1, -0.05) is 11.6 Å². The molecule has 0 atom stereocenters. The molecule has 1 amide bonds. The van der Waals surface area contributed by atoms with Crippen LogP contribution in [0.5, 0.6) is 0 Å². The van der Waals surface area contributed by atoms with Crippen molar-refractivity contribution >= 4 is 35.7 Å². The average Bonchev–Trinajstić information content (AvgIpc) is 2.62. The molecule has 1 N–H and O–H groups in total. The molecule has 6 heteroatoms. The summed E-state index contributed by atoms with van der Waals surface area (Å²) in [6.45, 7) is 3.27. The van der Waals surface area contributed by atoms with E-state index in [4.69, 9.17) is 11.6 Å². The number of ketones is 1. The second kappa shape index (κ2) is 8.84. The van der Waals surface area contributed by atoms with Crippen molar-refractivity contribution in [3.63, 3.8) is 0 Å². The molecule has 0 saturated carbocycles. The van der Waals surface area contributed by atoms with Crippen molar-refractivity contribution in [3.05, 3.63) is 34.9 Å². The van der Waals surface area contributed by atoms with E-state index in [2.05, 4.69) is 5.32 Å². The van der Waals surface area contributed by atoms with Crippen molar-refractivity contribution in [3.8, 4) is 0 Å². The SMILES string of the molecule is Cl.O=C(c1ccc(Cl)cc1)C1CCN(C(=O)C2CCNCC2)CC1. The molecule has 2 fully saturated rings. The Morgan fingerprint density at radius 2 is 1.54 bits per heavy atom. The number of benzene rings is 1. The Kier molecular flexibility index (Phi) is 7.08. The molecule has 2 heterocycles. The third-order valence-corrected chi connectivity index (χ3v) is 5.25. The van der Waals surface area contributed by atoms with E-state index in [1.807, 2.05) is 4.90 Å². The van der Waals surface area contributed by atoms with Gasteiger partial charge in [-0.05, 0) is 63.0 Å². The van der Waals surface area contributed by atoms with E-state index in [0.29, 0.717) is 18.1 Å². The number of likely N-dealkylation sites (tertiary alicyclic amines) is 1. The maximum absolute atomic E-state index is 12.5. The van der Waals surface area contributed by atoms with E-state index in [1.165, 1.54) is 0 Å². The summed E-state index contributed by atoms with van der Waals surface area (Å²) >= 11 is 5.87. The Labute approximate surface area is 154 Å². The van der Waals surface area contributed by atoms with Crippen molar-refractivity contribution in [2.75, 3.05) is 26.2 Å². The lowest BCUT2D eigenvalue weighted by molar-refractivity contribution is -0.137. The second-order valence-corrected chi connectivity index (χ2v) is 6.93. The third kappa shape index (κ3) is 4.50. The molecular formula is C18H24Cl2N2O2. The van der Waals surface area contributed by atoms with Gasteiger partial charge in [0, 0.05) is 35.5 Å². The molecule has 1 aromatic carbocycles. The summed E-state index contributed by atoms with van der Waals surface area (Å²) in [5, 5.41) is 3.93. The van der Waals surface area contributed by atoms with Crippen LogP contribution in [-0.4, -0.2) is 42.8 Å². The third-order valence-electron chi connectivity index (χ3n) is 4.99. The molecule has 0 aromatic heterocycles. The zero-order valence-corrected chi connectivity index (χ0v) is 15.2. The van der Waals surface area contributed by atoms with Gasteiger partial charge in [-0.15, -0.1) is 12.4 Å². The minimum absolute atomic E-state index is 0. The number of nitrogens with zero attached hydrogens (tertiary/aromatic N) is 1. The molecule has 2 aliphatic heterocycles. The van der Waals surface area contributed by atoms with Crippen LogP contribution >= 0.6 is 24.0 Å². The fourth-order valence-electron chi connectivity index (χ4n) is 3.54. The molecule has 0 spiro atoms. The first-order valence-corrected chi connectivity index (χ1v) is 8.82. The highest BCUT2D eigenvalue weighted by Gasteiger charge is 2.31. The van der Waals surface area contributed by atoms with Crippen LogP contribution in [0.1, 0.15) is 36.0 Å². The fourth-order valence-corrected chi connectivity index (χ4v) is 3.66. The number of rotatable bonds is 3. The maximum atomic E-state index is 12.5. The number of nitrogens with one attached hydrogen (secondary N) is 1. The molecule has 0 aliphatic carbocycles. The van der Waals surface area contributed by atoms with Crippen LogP contribution < -0.4 is 5.32 Å². The predicted octanol–water partition coefficient (Wildman–Crippen LogP) is 3.18. The van der Waals surface area contributed by atoms with Crippen molar-refractivity contribution < 1.29 is 9.59 Å². The van der Waals surface area contributed by atoms with Crippen LogP contribution in [0.25, 0.3) is 0 Å². The summed E-state index contributed by atoms with van der Waals surface area (Å²) in [4.78, 5) is 27.0. The quantitative estimate of drug-likeness (QED) is 0.831. The first kappa shape index (κ1) is 19.2. The molecular weight excluding hydrogens is 347 g/mol. The van der Waals surface area contributed by atoms with E-state index in [1.54, 1.807) is 24.3 Å². The number of carbonyl (C=O) groups excluding carboxylic acids is 2. The minimum Gasteiger partial charge on any atom is -0.342 e. The van der Waals surface area contributed by atoms with Gasteiger partial charge in [-0.25, -0.2) is 0 Å². The van der Waals surface area contributed by atoms with E-state index >= 15 is 0 Å². The van der Waals surface area contributed by atoms with E-state index in [-0.39, 0.29) is 35.9 Å². The smallest absolute Gasteiger partial charge is 0.225 e. The first-order valence-electron chi connectivity index (χ1n) is 8.44. The molecule has 24 heavy (non-hydrogen) atoms. The van der Waals surface area contributed by atoms with Gasteiger partial charge in [0.15, 0.2) is 5.78 Å². The highest BCUT2D eigenvalue weighted by atomic mass is 35.5. The summed E-state index contributed by atoms with van der Waals surface area (Å²) in [5.41, 5.74) is 0.720. The van der Waals surface area contributed by atoms with Gasteiger partial charge in [0.1, 0.15) is 0 Å². The van der Waals surface area contributed by atoms with Gasteiger partial charge in [-0.2, -0.15) is 0 Å². The topological polar surface area (TPSA) is 49.4 Å². The Morgan fingerprint density at radius 1 is 0.958 bits per heavy atom. The Hall–Kier alpha value is -1.10. The lowest BCUT2D eigenvalue weighted by atomic mass is 9.88. The zero-order chi connectivity index (χ0) is 16.2. The minimum atomic E-state index is 0. The summed E-state index contributed by atoms with van der Waals surface area (Å²) in [5.74, 6) is 0.646. The number of halogens is 2. The molecule has 1 aromatic rings. The van der Waals surface area contributed by atoms with Crippen molar-refractivity contribution in [1.82, 2.24) is 10.2 Å². The molecule has 2 aliphatic rings. The molecule has 2 saturated heterocycles. The predicted molar refractivity (Wildman–Crippen MR) is 97.9 cm³/mol. The van der Waals surface area contributed by atoms with Gasteiger partial charge in [0.2, 0.25) is 5.91 Å². The molecule has 0 bridgehead atoms. The largest absolute Gasteiger partial charge is 0.342 e. The Bertz CT molecular complexity index is 563. The van der Waals surface area contributed by atoms with Crippen LogP contribution in [0.3, 0.4) is 0 Å². The number of Topliss-reactive ketones (excluding diaryl/α,β-unsaturated/α-hetero) is 1. The lowest BCUT2D eigenvalue weighted by Gasteiger charge is -2.34. The molecule has 0 radical (unpaired) electrons. The second-order valence-electron chi connectivity index (χ2n) is 6.49. The highest BCUT2D eigenvalue weighted by Crippen LogP contribution is 2.25. The normalized spacial score (nSPS) is 19.6. The number of amides is 1. The van der Waals surface area contributed by atoms with Crippen molar-refractivity contribution in [1.29, 1.82) is 0 Å². The molecule has 132 valence electrons. The van der Waals surface area contributed by atoms with Gasteiger partial charge >= 0.3 is 0 Å². The Morgan fingerprint density at radius 3 is 2.12 bits per heavy atom. The summed E-state index contributed by atoms with van der Waals surface area (Å²) in [7, 11) is 0. The standard InChI is InChI=1S/C18H23ClN2O2.ClH/c19-16-3-1-13(2-4-16)17(22)14-7-11-21(12-8-14)18(23)15-5-9-20-10-6-15;/h1-4,14-15,20H,5-12H2;1H. The average molecular weight is 371 g/mol. The van der Waals surface area contributed by atoms with Gasteiger partial charge < -0.3 is 10.2 Å². The lowest BCUT2D eigenvalue weighted by Crippen LogP contribution is -2.45. The van der Waals surface area contributed by atoms with Gasteiger partial charge in [-0.3, -0.25) is 9.59 Å². The fraction of sp³-hybridized carbons (Fsp3) is 0.556. The highest BCUT2D eigenvalue weighted by molar-refractivity contribution is 6.30.